The lowest BCUT2D eigenvalue weighted by molar-refractivity contribution is -0.151. The van der Waals surface area contributed by atoms with Gasteiger partial charge in [0.2, 0.25) is 6.29 Å². The van der Waals surface area contributed by atoms with Crippen LogP contribution in [0, 0.1) is 23.7 Å². The first-order valence-electron chi connectivity index (χ1n) is 9.98. The standard InChI is InChI=1S/C20H33NO4/c1-13(2)16-11-18(25-19(12-16)24-8-4-3-7-22)20(23)21-17-10-14-5-6-15(17)9-14/h11,13-17,19,22H,3-10,12H2,1-2H3,(H,21,23)/t14?,15?,16-,17?,19+/m1/s1. The molecule has 3 rings (SSSR count). The van der Waals surface area contributed by atoms with E-state index in [-0.39, 0.29) is 24.7 Å². The molecule has 2 bridgehead atoms. The Balaban J connectivity index is 1.56. The molecular formula is C20H33NO4. The number of unbranched alkanes of at least 4 members (excludes halogenated alkanes) is 1. The zero-order valence-corrected chi connectivity index (χ0v) is 15.6. The molecule has 0 aromatic carbocycles. The van der Waals surface area contributed by atoms with Gasteiger partial charge in [-0.1, -0.05) is 20.3 Å². The highest BCUT2D eigenvalue weighted by atomic mass is 16.7. The quantitative estimate of drug-likeness (QED) is 0.660. The van der Waals surface area contributed by atoms with Crippen LogP contribution in [-0.2, 0) is 14.3 Å². The molecule has 1 heterocycles. The SMILES string of the molecule is CC(C)[C@@H]1C=C(C(=O)NC2CC3CCC2C3)O[C@H](OCCCCO)C1. The molecule has 5 nitrogen and oxygen atoms in total. The lowest BCUT2D eigenvalue weighted by atomic mass is 9.90. The van der Waals surface area contributed by atoms with E-state index in [1.165, 1.54) is 19.3 Å². The van der Waals surface area contributed by atoms with Crippen LogP contribution >= 0.6 is 0 Å². The molecule has 3 aliphatic rings. The van der Waals surface area contributed by atoms with Crippen molar-refractivity contribution in [1.29, 1.82) is 0 Å². The lowest BCUT2D eigenvalue weighted by Crippen LogP contribution is -2.41. The average molecular weight is 351 g/mol. The minimum absolute atomic E-state index is 0.0770. The molecular weight excluding hydrogens is 318 g/mol. The molecule has 25 heavy (non-hydrogen) atoms. The van der Waals surface area contributed by atoms with Crippen LogP contribution in [0.1, 0.15) is 58.8 Å². The van der Waals surface area contributed by atoms with Crippen molar-refractivity contribution in [2.75, 3.05) is 13.2 Å². The summed E-state index contributed by atoms with van der Waals surface area (Å²) in [5.74, 6) is 2.55. The number of carbonyl (C=O) groups excluding carboxylic acids is 1. The minimum Gasteiger partial charge on any atom is -0.459 e. The smallest absolute Gasteiger partial charge is 0.286 e. The second kappa shape index (κ2) is 8.54. The largest absolute Gasteiger partial charge is 0.459 e. The summed E-state index contributed by atoms with van der Waals surface area (Å²) in [5, 5.41) is 12.1. The predicted octanol–water partition coefficient (Wildman–Crippen LogP) is 2.98. The van der Waals surface area contributed by atoms with E-state index < -0.39 is 0 Å². The van der Waals surface area contributed by atoms with Gasteiger partial charge in [-0.2, -0.15) is 0 Å². The molecule has 5 heteroatoms. The molecule has 2 N–H and O–H groups in total. The number of nitrogens with one attached hydrogen (secondary N) is 1. The number of ether oxygens (including phenoxy) is 2. The number of rotatable bonds is 8. The van der Waals surface area contributed by atoms with Crippen LogP contribution in [0.15, 0.2) is 11.8 Å². The van der Waals surface area contributed by atoms with E-state index >= 15 is 0 Å². The molecule has 2 fully saturated rings. The summed E-state index contributed by atoms with van der Waals surface area (Å²) in [6, 6.07) is 0.319. The van der Waals surface area contributed by atoms with Crippen molar-refractivity contribution in [1.82, 2.24) is 5.32 Å². The zero-order chi connectivity index (χ0) is 17.8. The maximum Gasteiger partial charge on any atom is 0.286 e. The third-order valence-corrected chi connectivity index (χ3v) is 6.08. The van der Waals surface area contributed by atoms with Crippen molar-refractivity contribution in [3.63, 3.8) is 0 Å². The van der Waals surface area contributed by atoms with E-state index in [2.05, 4.69) is 19.2 Å². The normalized spacial score (nSPS) is 34.1. The molecule has 0 aromatic heterocycles. The molecule has 3 unspecified atom stereocenters. The van der Waals surface area contributed by atoms with E-state index in [9.17, 15) is 4.79 Å². The Morgan fingerprint density at radius 2 is 2.16 bits per heavy atom. The third kappa shape index (κ3) is 4.76. The summed E-state index contributed by atoms with van der Waals surface area (Å²) in [4.78, 5) is 12.7. The van der Waals surface area contributed by atoms with Crippen molar-refractivity contribution >= 4 is 5.91 Å². The fourth-order valence-corrected chi connectivity index (χ4v) is 4.50. The first kappa shape index (κ1) is 18.7. The molecule has 0 aromatic rings. The second-order valence-electron chi connectivity index (χ2n) is 8.28. The highest BCUT2D eigenvalue weighted by molar-refractivity contribution is 5.91. The number of carbonyl (C=O) groups is 1. The molecule has 0 saturated heterocycles. The first-order valence-corrected chi connectivity index (χ1v) is 9.98. The monoisotopic (exact) mass is 351 g/mol. The van der Waals surface area contributed by atoms with Crippen molar-refractivity contribution in [2.45, 2.75) is 71.1 Å². The summed E-state index contributed by atoms with van der Waals surface area (Å²) in [7, 11) is 0. The van der Waals surface area contributed by atoms with Gasteiger partial charge in [0.1, 0.15) is 0 Å². The van der Waals surface area contributed by atoms with Gasteiger partial charge in [-0.05, 0) is 61.9 Å². The third-order valence-electron chi connectivity index (χ3n) is 6.08. The number of hydrogen-bond donors (Lipinski definition) is 2. The van der Waals surface area contributed by atoms with E-state index in [0.29, 0.717) is 30.2 Å². The molecule has 1 amide bonds. The minimum atomic E-state index is -0.364. The van der Waals surface area contributed by atoms with Crippen LogP contribution in [0.5, 0.6) is 0 Å². The van der Waals surface area contributed by atoms with Gasteiger partial charge in [0, 0.05) is 19.1 Å². The maximum atomic E-state index is 12.7. The summed E-state index contributed by atoms with van der Waals surface area (Å²) in [6.07, 6.45) is 8.91. The summed E-state index contributed by atoms with van der Waals surface area (Å²) < 4.78 is 11.7. The predicted molar refractivity (Wildman–Crippen MR) is 95.6 cm³/mol. The Labute approximate surface area is 151 Å². The number of fused-ring (bicyclic) bond motifs is 2. The average Bonchev–Trinajstić information content (AvgIpc) is 3.21. The van der Waals surface area contributed by atoms with E-state index in [1.807, 2.05) is 6.08 Å². The van der Waals surface area contributed by atoms with Gasteiger partial charge in [0.25, 0.3) is 5.91 Å². The van der Waals surface area contributed by atoms with Gasteiger partial charge in [-0.3, -0.25) is 4.79 Å². The van der Waals surface area contributed by atoms with Crippen LogP contribution in [-0.4, -0.2) is 36.6 Å². The van der Waals surface area contributed by atoms with Crippen LogP contribution in [0.3, 0.4) is 0 Å². The Bertz CT molecular complexity index is 490. The van der Waals surface area contributed by atoms with Gasteiger partial charge in [0.15, 0.2) is 5.76 Å². The Morgan fingerprint density at radius 3 is 2.80 bits per heavy atom. The molecule has 142 valence electrons. The van der Waals surface area contributed by atoms with Crippen LogP contribution in [0.2, 0.25) is 0 Å². The fourth-order valence-electron chi connectivity index (χ4n) is 4.50. The van der Waals surface area contributed by atoms with Crippen LogP contribution in [0.25, 0.3) is 0 Å². The molecule has 1 aliphatic heterocycles. The zero-order valence-electron chi connectivity index (χ0n) is 15.6. The van der Waals surface area contributed by atoms with Crippen LogP contribution in [0.4, 0.5) is 0 Å². The fraction of sp³-hybridized carbons (Fsp3) is 0.850. The summed E-state index contributed by atoms with van der Waals surface area (Å²) >= 11 is 0. The number of allylic oxidation sites excluding steroid dienone is 1. The van der Waals surface area contributed by atoms with Crippen LogP contribution < -0.4 is 5.32 Å². The maximum absolute atomic E-state index is 12.7. The van der Waals surface area contributed by atoms with Gasteiger partial charge in [-0.15, -0.1) is 0 Å². The molecule has 0 spiro atoms. The van der Waals surface area contributed by atoms with E-state index in [1.54, 1.807) is 0 Å². The van der Waals surface area contributed by atoms with E-state index in [4.69, 9.17) is 14.6 Å². The molecule has 2 saturated carbocycles. The van der Waals surface area contributed by atoms with Crippen molar-refractivity contribution < 1.29 is 19.4 Å². The van der Waals surface area contributed by atoms with Gasteiger partial charge in [-0.25, -0.2) is 0 Å². The van der Waals surface area contributed by atoms with Gasteiger partial charge >= 0.3 is 0 Å². The van der Waals surface area contributed by atoms with Crippen molar-refractivity contribution in [3.8, 4) is 0 Å². The highest BCUT2D eigenvalue weighted by Gasteiger charge is 2.41. The van der Waals surface area contributed by atoms with Gasteiger partial charge < -0.3 is 19.9 Å². The number of aliphatic hydroxyl groups excluding tert-OH is 1. The number of hydrogen-bond acceptors (Lipinski definition) is 4. The Morgan fingerprint density at radius 1 is 1.32 bits per heavy atom. The Kier molecular flexibility index (Phi) is 6.39. The topological polar surface area (TPSA) is 67.8 Å². The van der Waals surface area contributed by atoms with Crippen molar-refractivity contribution in [2.24, 2.45) is 23.7 Å². The number of amides is 1. The van der Waals surface area contributed by atoms with Crippen molar-refractivity contribution in [3.05, 3.63) is 11.8 Å². The van der Waals surface area contributed by atoms with Gasteiger partial charge in [0.05, 0.1) is 6.61 Å². The highest BCUT2D eigenvalue weighted by Crippen LogP contribution is 2.44. The lowest BCUT2D eigenvalue weighted by Gasteiger charge is -2.32. The Hall–Kier alpha value is -1.07. The first-order chi connectivity index (χ1) is 12.1. The second-order valence-corrected chi connectivity index (χ2v) is 8.28. The summed E-state index contributed by atoms with van der Waals surface area (Å²) in [5.41, 5.74) is 0. The summed E-state index contributed by atoms with van der Waals surface area (Å²) in [6.45, 7) is 5.07. The molecule has 5 atom stereocenters. The molecule has 2 aliphatic carbocycles. The van der Waals surface area contributed by atoms with E-state index in [0.717, 1.165) is 31.6 Å². The number of aliphatic hydroxyl groups is 1. The molecule has 0 radical (unpaired) electrons.